The third-order valence-electron chi connectivity index (χ3n) is 4.92. The molecule has 6 nitrogen and oxygen atoms in total. The summed E-state index contributed by atoms with van der Waals surface area (Å²) in [4.78, 5) is 22.8. The Bertz CT molecular complexity index is 710. The van der Waals surface area contributed by atoms with Gasteiger partial charge in [-0.15, -0.1) is 0 Å². The summed E-state index contributed by atoms with van der Waals surface area (Å²) in [5, 5.41) is 0. The molecule has 1 aliphatic heterocycles. The van der Waals surface area contributed by atoms with E-state index in [1.165, 1.54) is 0 Å². The lowest BCUT2D eigenvalue weighted by Crippen LogP contribution is -2.53. The van der Waals surface area contributed by atoms with E-state index in [9.17, 15) is 4.79 Å². The topological polar surface area (TPSA) is 64.6 Å². The summed E-state index contributed by atoms with van der Waals surface area (Å²) in [7, 11) is 0. The van der Waals surface area contributed by atoms with Crippen molar-refractivity contribution in [2.24, 2.45) is 0 Å². The van der Waals surface area contributed by atoms with Gasteiger partial charge in [0, 0.05) is 31.3 Å². The molecule has 0 unspecified atom stereocenters. The molecule has 3 heterocycles. The molecule has 2 aliphatic rings. The molecule has 4 rings (SSSR count). The quantitative estimate of drug-likeness (QED) is 0.853. The molecule has 3 atom stereocenters. The summed E-state index contributed by atoms with van der Waals surface area (Å²) in [6, 6.07) is 7.58. The van der Waals surface area contributed by atoms with Gasteiger partial charge in [-0.25, -0.2) is 0 Å². The summed E-state index contributed by atoms with van der Waals surface area (Å²) in [5.41, 5.74) is 1.72. The van der Waals surface area contributed by atoms with E-state index in [1.807, 2.05) is 23.1 Å². The first-order valence-corrected chi connectivity index (χ1v) is 8.66. The first-order chi connectivity index (χ1) is 12.3. The number of hydrogen-bond acceptors (Lipinski definition) is 5. The number of rotatable bonds is 4. The number of amides is 1. The molecule has 0 radical (unpaired) electrons. The Morgan fingerprint density at radius 3 is 2.88 bits per heavy atom. The van der Waals surface area contributed by atoms with Gasteiger partial charge in [-0.3, -0.25) is 14.8 Å². The number of nitrogens with zero attached hydrogens (tertiary/aromatic N) is 3. The number of aromatic nitrogens is 2. The Labute approximate surface area is 146 Å². The second kappa shape index (κ2) is 7.29. The van der Waals surface area contributed by atoms with Crippen molar-refractivity contribution in [2.45, 2.75) is 37.7 Å². The number of carbonyl (C=O) groups excluding carboxylic acids is 1. The van der Waals surface area contributed by atoms with Gasteiger partial charge >= 0.3 is 0 Å². The summed E-state index contributed by atoms with van der Waals surface area (Å²) >= 11 is 0. The number of ether oxygens (including phenoxy) is 2. The zero-order valence-corrected chi connectivity index (χ0v) is 14.0. The van der Waals surface area contributed by atoms with Crippen LogP contribution in [0.15, 0.2) is 49.1 Å². The largest absolute Gasteiger partial charge is 0.372 e. The van der Waals surface area contributed by atoms with Crippen LogP contribution in [0.1, 0.15) is 28.8 Å². The monoisotopic (exact) mass is 339 g/mol. The molecule has 1 saturated heterocycles. The van der Waals surface area contributed by atoms with Crippen LogP contribution in [-0.2, 0) is 16.1 Å². The fourth-order valence-corrected chi connectivity index (χ4v) is 3.68. The third-order valence-corrected chi connectivity index (χ3v) is 4.92. The van der Waals surface area contributed by atoms with Gasteiger partial charge in [0.2, 0.25) is 0 Å². The van der Waals surface area contributed by atoms with Gasteiger partial charge in [0.15, 0.2) is 0 Å². The minimum absolute atomic E-state index is 0.0164. The molecule has 2 aromatic heterocycles. The molecule has 1 saturated carbocycles. The Balaban J connectivity index is 1.42. The molecule has 0 N–H and O–H groups in total. The Hall–Kier alpha value is -2.31. The Morgan fingerprint density at radius 2 is 2.08 bits per heavy atom. The fourth-order valence-electron chi connectivity index (χ4n) is 3.68. The van der Waals surface area contributed by atoms with E-state index in [0.29, 0.717) is 25.3 Å². The van der Waals surface area contributed by atoms with Gasteiger partial charge in [0.25, 0.3) is 5.91 Å². The molecule has 6 heteroatoms. The molecule has 1 amide bonds. The van der Waals surface area contributed by atoms with E-state index in [4.69, 9.17) is 9.47 Å². The minimum Gasteiger partial charge on any atom is -0.372 e. The van der Waals surface area contributed by atoms with Crippen molar-refractivity contribution in [3.8, 4) is 0 Å². The number of pyridine rings is 2. The standard InChI is InChI=1S/C19H21N3O3/c23-19(15-2-1-7-21-12-15)22-10-11-24-18-16(22)3-4-17(18)25-13-14-5-8-20-9-6-14/h1-2,5-9,12,16-18H,3-4,10-11,13H2/t16-,17-,18-/m0/s1. The highest BCUT2D eigenvalue weighted by Gasteiger charge is 2.45. The van der Waals surface area contributed by atoms with Gasteiger partial charge < -0.3 is 14.4 Å². The second-order valence-electron chi connectivity index (χ2n) is 6.43. The van der Waals surface area contributed by atoms with Gasteiger partial charge in [0.05, 0.1) is 30.9 Å². The van der Waals surface area contributed by atoms with Crippen LogP contribution in [0.25, 0.3) is 0 Å². The average molecular weight is 339 g/mol. The van der Waals surface area contributed by atoms with E-state index in [0.717, 1.165) is 18.4 Å². The van der Waals surface area contributed by atoms with Gasteiger partial charge in [-0.2, -0.15) is 0 Å². The van der Waals surface area contributed by atoms with E-state index < -0.39 is 0 Å². The number of morpholine rings is 1. The smallest absolute Gasteiger partial charge is 0.255 e. The van der Waals surface area contributed by atoms with Gasteiger partial charge in [-0.05, 0) is 42.7 Å². The summed E-state index contributed by atoms with van der Waals surface area (Å²) < 4.78 is 12.1. The normalized spacial score (nSPS) is 25.6. The summed E-state index contributed by atoms with van der Waals surface area (Å²) in [6.45, 7) is 1.70. The van der Waals surface area contributed by atoms with E-state index in [1.54, 1.807) is 30.9 Å². The molecule has 1 aliphatic carbocycles. The first kappa shape index (κ1) is 16.2. The van der Waals surface area contributed by atoms with E-state index in [-0.39, 0.29) is 24.2 Å². The van der Waals surface area contributed by atoms with Crippen molar-refractivity contribution in [2.75, 3.05) is 13.2 Å². The molecule has 0 bridgehead atoms. The minimum atomic E-state index is -0.0591. The van der Waals surface area contributed by atoms with Crippen LogP contribution < -0.4 is 0 Å². The van der Waals surface area contributed by atoms with Crippen LogP contribution in [0.4, 0.5) is 0 Å². The van der Waals surface area contributed by atoms with Crippen LogP contribution in [0.3, 0.4) is 0 Å². The number of carbonyl (C=O) groups is 1. The Kier molecular flexibility index (Phi) is 4.72. The van der Waals surface area contributed by atoms with Crippen molar-refractivity contribution in [3.05, 3.63) is 60.2 Å². The highest BCUT2D eigenvalue weighted by atomic mass is 16.5. The van der Waals surface area contributed by atoms with E-state index >= 15 is 0 Å². The number of hydrogen-bond donors (Lipinski definition) is 0. The Morgan fingerprint density at radius 1 is 1.20 bits per heavy atom. The average Bonchev–Trinajstić information content (AvgIpc) is 3.10. The van der Waals surface area contributed by atoms with Crippen molar-refractivity contribution >= 4 is 5.91 Å². The summed E-state index contributed by atoms with van der Waals surface area (Å²) in [6.07, 6.45) is 8.59. The molecular formula is C19H21N3O3. The van der Waals surface area contributed by atoms with Crippen LogP contribution in [-0.4, -0.2) is 52.2 Å². The highest BCUT2D eigenvalue weighted by molar-refractivity contribution is 5.94. The van der Waals surface area contributed by atoms with Crippen LogP contribution in [0.5, 0.6) is 0 Å². The predicted octanol–water partition coefficient (Wildman–Crippen LogP) is 2.07. The highest BCUT2D eigenvalue weighted by Crippen LogP contribution is 2.33. The maximum atomic E-state index is 12.8. The molecular weight excluding hydrogens is 318 g/mol. The molecule has 2 fully saturated rings. The molecule has 2 aromatic rings. The zero-order chi connectivity index (χ0) is 17.1. The molecule has 25 heavy (non-hydrogen) atoms. The SMILES string of the molecule is O=C(c1cccnc1)N1CCO[C@@H]2[C@@H](OCc3ccncc3)CC[C@@H]21. The second-order valence-corrected chi connectivity index (χ2v) is 6.43. The van der Waals surface area contributed by atoms with Gasteiger partial charge in [-0.1, -0.05) is 0 Å². The van der Waals surface area contributed by atoms with Crippen molar-refractivity contribution in [3.63, 3.8) is 0 Å². The van der Waals surface area contributed by atoms with Crippen LogP contribution >= 0.6 is 0 Å². The lowest BCUT2D eigenvalue weighted by molar-refractivity contribution is -0.108. The van der Waals surface area contributed by atoms with Crippen molar-refractivity contribution < 1.29 is 14.3 Å². The maximum absolute atomic E-state index is 12.8. The van der Waals surface area contributed by atoms with Crippen molar-refractivity contribution in [1.29, 1.82) is 0 Å². The molecule has 0 spiro atoms. The zero-order valence-electron chi connectivity index (χ0n) is 14.0. The predicted molar refractivity (Wildman–Crippen MR) is 90.8 cm³/mol. The lowest BCUT2D eigenvalue weighted by atomic mass is 10.1. The lowest BCUT2D eigenvalue weighted by Gasteiger charge is -2.39. The van der Waals surface area contributed by atoms with Crippen LogP contribution in [0, 0.1) is 0 Å². The van der Waals surface area contributed by atoms with Crippen LogP contribution in [0.2, 0.25) is 0 Å². The van der Waals surface area contributed by atoms with E-state index in [2.05, 4.69) is 9.97 Å². The fraction of sp³-hybridized carbons (Fsp3) is 0.421. The molecule has 0 aromatic carbocycles. The first-order valence-electron chi connectivity index (χ1n) is 8.66. The van der Waals surface area contributed by atoms with Crippen molar-refractivity contribution in [1.82, 2.24) is 14.9 Å². The number of fused-ring (bicyclic) bond motifs is 1. The van der Waals surface area contributed by atoms with Gasteiger partial charge in [0.1, 0.15) is 6.10 Å². The maximum Gasteiger partial charge on any atom is 0.255 e. The molecule has 130 valence electrons. The third kappa shape index (κ3) is 3.41. The summed E-state index contributed by atoms with van der Waals surface area (Å²) in [5.74, 6) is 0.0289.